The minimum absolute atomic E-state index is 0.243. The number of carbonyl (C=O) groups excluding carboxylic acids is 1. The van der Waals surface area contributed by atoms with Crippen LogP contribution in [-0.4, -0.2) is 61.2 Å². The van der Waals surface area contributed by atoms with Crippen LogP contribution in [0.2, 0.25) is 0 Å². The van der Waals surface area contributed by atoms with Gasteiger partial charge in [-0.2, -0.15) is 0 Å². The molecule has 0 spiro atoms. The van der Waals surface area contributed by atoms with Crippen LogP contribution >= 0.6 is 0 Å². The predicted octanol–water partition coefficient (Wildman–Crippen LogP) is 0.816. The number of hydrogen-bond acceptors (Lipinski definition) is 7. The van der Waals surface area contributed by atoms with Gasteiger partial charge in [0.1, 0.15) is 24.4 Å². The number of hydrogen-bond donors (Lipinski definition) is 2. The van der Waals surface area contributed by atoms with Crippen molar-refractivity contribution in [3.8, 4) is 11.5 Å². The zero-order valence-electron chi connectivity index (χ0n) is 15.3. The molecule has 8 heteroatoms. The van der Waals surface area contributed by atoms with Crippen molar-refractivity contribution in [2.24, 2.45) is 0 Å². The number of fused-ring (bicyclic) bond motifs is 1. The summed E-state index contributed by atoms with van der Waals surface area (Å²) in [5.41, 5.74) is 0. The molecule has 2 N–H and O–H groups in total. The first-order valence-corrected chi connectivity index (χ1v) is 8.53. The summed E-state index contributed by atoms with van der Waals surface area (Å²) in [5.74, 6) is -0.190. The van der Waals surface area contributed by atoms with Gasteiger partial charge in [-0.05, 0) is 26.0 Å². The topological polar surface area (TPSA) is 95.5 Å². The number of aliphatic hydroxyl groups excluding tert-OH is 1. The number of para-hydroxylation sites is 2. The molecule has 144 valence electrons. The highest BCUT2D eigenvalue weighted by atomic mass is 16.8. The van der Waals surface area contributed by atoms with E-state index in [0.29, 0.717) is 11.5 Å². The minimum atomic E-state index is -1.03. The molecule has 26 heavy (non-hydrogen) atoms. The van der Waals surface area contributed by atoms with Crippen molar-refractivity contribution >= 4 is 5.91 Å². The highest BCUT2D eigenvalue weighted by Gasteiger charge is 2.52. The molecular weight excluding hydrogens is 342 g/mol. The average molecular weight is 367 g/mol. The second-order valence-electron chi connectivity index (χ2n) is 6.82. The first kappa shape index (κ1) is 18.9. The van der Waals surface area contributed by atoms with Crippen molar-refractivity contribution in [1.82, 2.24) is 5.32 Å². The lowest BCUT2D eigenvalue weighted by Crippen LogP contribution is -2.69. The quantitative estimate of drug-likeness (QED) is 0.813. The van der Waals surface area contributed by atoms with Crippen LogP contribution < -0.4 is 14.8 Å². The Morgan fingerprint density at radius 3 is 2.65 bits per heavy atom. The summed E-state index contributed by atoms with van der Waals surface area (Å²) in [7, 11) is 1.53. The molecule has 2 aliphatic heterocycles. The van der Waals surface area contributed by atoms with E-state index in [1.54, 1.807) is 32.0 Å². The van der Waals surface area contributed by atoms with Gasteiger partial charge < -0.3 is 34.1 Å². The fourth-order valence-electron chi connectivity index (χ4n) is 3.17. The van der Waals surface area contributed by atoms with Crippen molar-refractivity contribution in [3.05, 3.63) is 24.3 Å². The normalized spacial score (nSPS) is 33.0. The molecule has 5 atom stereocenters. The average Bonchev–Trinajstić information content (AvgIpc) is 2.59. The molecule has 0 radical (unpaired) electrons. The summed E-state index contributed by atoms with van der Waals surface area (Å²) < 4.78 is 28.6. The highest BCUT2D eigenvalue weighted by Crippen LogP contribution is 2.35. The highest BCUT2D eigenvalue weighted by molar-refractivity contribution is 5.73. The second-order valence-corrected chi connectivity index (χ2v) is 6.82. The monoisotopic (exact) mass is 367 g/mol. The van der Waals surface area contributed by atoms with Gasteiger partial charge >= 0.3 is 0 Å². The Kier molecular flexibility index (Phi) is 5.38. The van der Waals surface area contributed by atoms with Crippen molar-refractivity contribution in [2.45, 2.75) is 57.2 Å². The summed E-state index contributed by atoms with van der Waals surface area (Å²) in [4.78, 5) is 11.6. The van der Waals surface area contributed by atoms with Gasteiger partial charge in [0.2, 0.25) is 12.2 Å². The molecule has 0 aromatic heterocycles. The Morgan fingerprint density at radius 1 is 1.31 bits per heavy atom. The summed E-state index contributed by atoms with van der Waals surface area (Å²) in [6.45, 7) is 5.14. The Hall–Kier alpha value is -1.87. The van der Waals surface area contributed by atoms with Crippen molar-refractivity contribution in [2.75, 3.05) is 13.7 Å². The maximum absolute atomic E-state index is 11.6. The third kappa shape index (κ3) is 3.93. The van der Waals surface area contributed by atoms with Gasteiger partial charge in [0.05, 0.1) is 13.7 Å². The molecular formula is C18H25NO7. The fourth-order valence-corrected chi connectivity index (χ4v) is 3.17. The van der Waals surface area contributed by atoms with E-state index in [-0.39, 0.29) is 12.5 Å². The first-order chi connectivity index (χ1) is 12.3. The van der Waals surface area contributed by atoms with Crippen LogP contribution in [-0.2, 0) is 19.0 Å². The summed E-state index contributed by atoms with van der Waals surface area (Å²) in [6, 6.07) is 6.27. The van der Waals surface area contributed by atoms with Gasteiger partial charge in [-0.3, -0.25) is 4.79 Å². The number of rotatable bonds is 4. The second kappa shape index (κ2) is 7.40. The number of carbonyl (C=O) groups is 1. The number of ether oxygens (including phenoxy) is 5. The van der Waals surface area contributed by atoms with Crippen LogP contribution in [0.4, 0.5) is 0 Å². The van der Waals surface area contributed by atoms with Crippen molar-refractivity contribution < 1.29 is 33.6 Å². The predicted molar refractivity (Wildman–Crippen MR) is 90.8 cm³/mol. The Balaban J connectivity index is 1.84. The van der Waals surface area contributed by atoms with Gasteiger partial charge in [0.25, 0.3) is 0 Å². The molecule has 0 bridgehead atoms. The maximum atomic E-state index is 11.6. The Morgan fingerprint density at radius 2 is 2.00 bits per heavy atom. The lowest BCUT2D eigenvalue weighted by atomic mass is 9.95. The van der Waals surface area contributed by atoms with Crippen LogP contribution in [0.5, 0.6) is 11.5 Å². The van der Waals surface area contributed by atoms with Crippen molar-refractivity contribution in [1.29, 1.82) is 0 Å². The van der Waals surface area contributed by atoms with E-state index >= 15 is 0 Å². The smallest absolute Gasteiger partial charge is 0.223 e. The molecule has 3 rings (SSSR count). The molecule has 8 nitrogen and oxygen atoms in total. The number of methoxy groups -OCH3 is 1. The molecule has 0 saturated carbocycles. The molecule has 2 aliphatic rings. The van der Waals surface area contributed by atoms with Gasteiger partial charge in [-0.1, -0.05) is 12.1 Å². The van der Waals surface area contributed by atoms with Crippen LogP contribution in [0.1, 0.15) is 20.8 Å². The van der Waals surface area contributed by atoms with E-state index in [1.165, 1.54) is 14.0 Å². The SMILES string of the molecule is COc1ccccc1O[C@@H]1O[C@@H]2COC(C)(C)O[C@H]2[C@H](O)[C@H]1NC(C)=O. The zero-order valence-corrected chi connectivity index (χ0v) is 15.3. The molecule has 0 unspecified atom stereocenters. The lowest BCUT2D eigenvalue weighted by molar-refractivity contribution is -0.361. The molecule has 1 amide bonds. The number of nitrogens with one attached hydrogen (secondary N) is 1. The van der Waals surface area contributed by atoms with Gasteiger partial charge in [-0.25, -0.2) is 0 Å². The molecule has 2 heterocycles. The molecule has 1 aromatic rings. The standard InChI is InChI=1S/C18H25NO7/c1-10(20)19-14-15(21)16-13(9-23-18(2,3)26-16)25-17(14)24-12-8-6-5-7-11(12)22-4/h5-8,13-17,21H,9H2,1-4H3,(H,19,20)/t13-,14-,15-,16-,17-/m1/s1. The summed E-state index contributed by atoms with van der Waals surface area (Å²) in [6.07, 6.45) is -3.13. The number of aliphatic hydroxyl groups is 1. The molecule has 2 fully saturated rings. The Labute approximate surface area is 152 Å². The maximum Gasteiger partial charge on any atom is 0.223 e. The van der Waals surface area contributed by atoms with E-state index in [9.17, 15) is 9.90 Å². The number of amides is 1. The van der Waals surface area contributed by atoms with Crippen LogP contribution in [0.15, 0.2) is 24.3 Å². The summed E-state index contributed by atoms with van der Waals surface area (Å²) in [5, 5.41) is 13.5. The lowest BCUT2D eigenvalue weighted by Gasteiger charge is -2.49. The van der Waals surface area contributed by atoms with E-state index in [0.717, 1.165) is 0 Å². The van der Waals surface area contributed by atoms with Crippen molar-refractivity contribution in [3.63, 3.8) is 0 Å². The van der Waals surface area contributed by atoms with Gasteiger partial charge in [0, 0.05) is 6.92 Å². The third-order valence-electron chi connectivity index (χ3n) is 4.37. The van der Waals surface area contributed by atoms with E-state index in [2.05, 4.69) is 5.32 Å². The van der Waals surface area contributed by atoms with Crippen LogP contribution in [0, 0.1) is 0 Å². The van der Waals surface area contributed by atoms with E-state index in [4.69, 9.17) is 23.7 Å². The molecule has 1 aromatic carbocycles. The largest absolute Gasteiger partial charge is 0.493 e. The van der Waals surface area contributed by atoms with Crippen LogP contribution in [0.25, 0.3) is 0 Å². The summed E-state index contributed by atoms with van der Waals surface area (Å²) >= 11 is 0. The zero-order chi connectivity index (χ0) is 18.9. The molecule has 2 saturated heterocycles. The van der Waals surface area contributed by atoms with E-state index < -0.39 is 36.4 Å². The van der Waals surface area contributed by atoms with Gasteiger partial charge in [-0.15, -0.1) is 0 Å². The molecule has 0 aliphatic carbocycles. The Bertz CT molecular complexity index is 650. The van der Waals surface area contributed by atoms with Crippen LogP contribution in [0.3, 0.4) is 0 Å². The van der Waals surface area contributed by atoms with Gasteiger partial charge in [0.15, 0.2) is 17.3 Å². The third-order valence-corrected chi connectivity index (χ3v) is 4.37. The first-order valence-electron chi connectivity index (χ1n) is 8.53. The van der Waals surface area contributed by atoms with E-state index in [1.807, 2.05) is 6.07 Å². The minimum Gasteiger partial charge on any atom is -0.493 e. The fraction of sp³-hybridized carbons (Fsp3) is 0.611. The number of benzene rings is 1.